The zero-order chi connectivity index (χ0) is 25.3. The number of thioether (sulfide) groups is 1. The van der Waals surface area contributed by atoms with Crippen molar-refractivity contribution in [3.63, 3.8) is 0 Å². The van der Waals surface area contributed by atoms with Gasteiger partial charge in [-0.1, -0.05) is 97.9 Å². The van der Waals surface area contributed by atoms with Crippen LogP contribution in [0.1, 0.15) is 36.5 Å². The summed E-state index contributed by atoms with van der Waals surface area (Å²) in [5, 5.41) is 12.7. The Bertz CT molecular complexity index is 1270. The third kappa shape index (κ3) is 6.05. The second kappa shape index (κ2) is 12.2. The lowest BCUT2D eigenvalue weighted by atomic mass is 10.0. The van der Waals surface area contributed by atoms with Gasteiger partial charge in [-0.15, -0.1) is 0 Å². The highest BCUT2D eigenvalue weighted by Crippen LogP contribution is 2.41. The zero-order valence-corrected chi connectivity index (χ0v) is 21.1. The normalized spacial score (nSPS) is 16.5. The van der Waals surface area contributed by atoms with Gasteiger partial charge in [0.1, 0.15) is 16.7 Å². The molecule has 0 spiro atoms. The average molecular weight is 496 g/mol. The van der Waals surface area contributed by atoms with E-state index in [1.807, 2.05) is 60.7 Å². The molecule has 4 rings (SSSR count). The van der Waals surface area contributed by atoms with Crippen molar-refractivity contribution in [3.05, 3.63) is 112 Å². The van der Waals surface area contributed by atoms with Crippen LogP contribution in [0.2, 0.25) is 0 Å². The largest absolute Gasteiger partial charge is 0.347 e. The van der Waals surface area contributed by atoms with Gasteiger partial charge in [0, 0.05) is 12.2 Å². The molecule has 0 radical (unpaired) electrons. The molecule has 0 unspecified atom stereocenters. The number of hydrogen-bond acceptors (Lipinski definition) is 4. The highest BCUT2D eigenvalue weighted by atomic mass is 32.2. The lowest BCUT2D eigenvalue weighted by Gasteiger charge is -2.18. The van der Waals surface area contributed by atoms with Crippen LogP contribution in [-0.4, -0.2) is 17.1 Å². The van der Waals surface area contributed by atoms with E-state index in [1.165, 1.54) is 22.2 Å². The fourth-order valence-electron chi connectivity index (χ4n) is 4.10. The zero-order valence-electron chi connectivity index (χ0n) is 20.3. The van der Waals surface area contributed by atoms with E-state index in [1.54, 1.807) is 0 Å². The van der Waals surface area contributed by atoms with E-state index in [0.717, 1.165) is 30.4 Å². The van der Waals surface area contributed by atoms with Gasteiger partial charge in [-0.25, -0.2) is 0 Å². The molecule has 0 saturated carbocycles. The van der Waals surface area contributed by atoms with Crippen LogP contribution in [0.3, 0.4) is 0 Å². The molecule has 36 heavy (non-hydrogen) atoms. The summed E-state index contributed by atoms with van der Waals surface area (Å²) in [6, 6.07) is 29.2. The maximum absolute atomic E-state index is 13.6. The molecule has 1 fully saturated rings. The lowest BCUT2D eigenvalue weighted by molar-refractivity contribution is -0.117. The lowest BCUT2D eigenvalue weighted by Crippen LogP contribution is -2.32. The number of unbranched alkanes of at least 4 members (excludes halogenated alkanes) is 1. The SMILES string of the molecule is CCCCc1ccc(C[C@@H]2S/C(=C(\C#N)C(=O)NCc3ccccc3)N(c3ccccc3)C2=O)cc1. The van der Waals surface area contributed by atoms with Crippen LogP contribution in [0, 0.1) is 11.3 Å². The first-order valence-corrected chi connectivity index (χ1v) is 13.1. The van der Waals surface area contributed by atoms with Crippen molar-refractivity contribution in [2.45, 2.75) is 44.4 Å². The molecule has 1 aliphatic rings. The Morgan fingerprint density at radius 2 is 1.58 bits per heavy atom. The van der Waals surface area contributed by atoms with E-state index in [9.17, 15) is 14.9 Å². The molecular formula is C30H29N3O2S. The maximum atomic E-state index is 13.6. The number of rotatable bonds is 9. The molecule has 1 saturated heterocycles. The number of hydrogen-bond donors (Lipinski definition) is 1. The van der Waals surface area contributed by atoms with Crippen LogP contribution in [0.25, 0.3) is 0 Å². The maximum Gasteiger partial charge on any atom is 0.264 e. The first-order chi connectivity index (χ1) is 17.6. The van der Waals surface area contributed by atoms with Crippen LogP contribution in [0.5, 0.6) is 0 Å². The van der Waals surface area contributed by atoms with Gasteiger partial charge in [-0.2, -0.15) is 5.26 Å². The van der Waals surface area contributed by atoms with Gasteiger partial charge in [-0.3, -0.25) is 14.5 Å². The van der Waals surface area contributed by atoms with Crippen LogP contribution >= 0.6 is 11.8 Å². The van der Waals surface area contributed by atoms with Gasteiger partial charge in [0.15, 0.2) is 0 Å². The number of carbonyl (C=O) groups excluding carboxylic acids is 2. The quantitative estimate of drug-likeness (QED) is 0.302. The Hall–Kier alpha value is -3.82. The van der Waals surface area contributed by atoms with E-state index < -0.39 is 11.2 Å². The third-order valence-corrected chi connectivity index (χ3v) is 7.34. The number of nitrogens with one attached hydrogen (secondary N) is 1. The van der Waals surface area contributed by atoms with Crippen molar-refractivity contribution >= 4 is 29.3 Å². The summed E-state index contributed by atoms with van der Waals surface area (Å²) in [7, 11) is 0. The van der Waals surface area contributed by atoms with Gasteiger partial charge >= 0.3 is 0 Å². The van der Waals surface area contributed by atoms with Gasteiger partial charge < -0.3 is 5.32 Å². The van der Waals surface area contributed by atoms with Gasteiger partial charge in [0.25, 0.3) is 5.91 Å². The summed E-state index contributed by atoms with van der Waals surface area (Å²) in [6.07, 6.45) is 3.88. The first kappa shape index (κ1) is 25.3. The minimum Gasteiger partial charge on any atom is -0.347 e. The summed E-state index contributed by atoms with van der Waals surface area (Å²) in [5.41, 5.74) is 3.88. The molecule has 6 heteroatoms. The number of amides is 2. The first-order valence-electron chi connectivity index (χ1n) is 12.2. The molecule has 1 N–H and O–H groups in total. The molecule has 1 atom stereocenters. The second-order valence-electron chi connectivity index (χ2n) is 8.70. The molecular weight excluding hydrogens is 466 g/mol. The Morgan fingerprint density at radius 3 is 2.22 bits per heavy atom. The fraction of sp³-hybridized carbons (Fsp3) is 0.233. The van der Waals surface area contributed by atoms with Crippen LogP contribution in [0.4, 0.5) is 5.69 Å². The summed E-state index contributed by atoms with van der Waals surface area (Å²) in [5.74, 6) is -0.613. The molecule has 2 amide bonds. The number of anilines is 1. The molecule has 0 aliphatic carbocycles. The summed E-state index contributed by atoms with van der Waals surface area (Å²) < 4.78 is 0. The molecule has 0 aromatic heterocycles. The molecule has 1 heterocycles. The number of aryl methyl sites for hydroxylation is 1. The summed E-state index contributed by atoms with van der Waals surface area (Å²) in [4.78, 5) is 28.2. The van der Waals surface area contributed by atoms with Crippen LogP contribution in [-0.2, 0) is 29.0 Å². The monoisotopic (exact) mass is 495 g/mol. The van der Waals surface area contributed by atoms with Crippen LogP contribution in [0.15, 0.2) is 95.5 Å². The molecule has 3 aromatic carbocycles. The highest BCUT2D eigenvalue weighted by molar-refractivity contribution is 8.05. The number of nitrogens with zero attached hydrogens (tertiary/aromatic N) is 2. The minimum absolute atomic E-state index is 0.0504. The van der Waals surface area contributed by atoms with Crippen molar-refractivity contribution in [2.75, 3.05) is 4.90 Å². The fourth-order valence-corrected chi connectivity index (χ4v) is 5.41. The predicted molar refractivity (Wildman–Crippen MR) is 145 cm³/mol. The number of carbonyl (C=O) groups is 2. The minimum atomic E-state index is -0.487. The Morgan fingerprint density at radius 1 is 0.944 bits per heavy atom. The Balaban J connectivity index is 1.59. The van der Waals surface area contributed by atoms with Gasteiger partial charge in [0.2, 0.25) is 5.91 Å². The number of para-hydroxylation sites is 1. The van der Waals surface area contributed by atoms with E-state index in [2.05, 4.69) is 42.6 Å². The van der Waals surface area contributed by atoms with Crippen molar-refractivity contribution in [3.8, 4) is 6.07 Å². The van der Waals surface area contributed by atoms with Gasteiger partial charge in [-0.05, 0) is 48.1 Å². The predicted octanol–water partition coefficient (Wildman–Crippen LogP) is 5.77. The van der Waals surface area contributed by atoms with Crippen molar-refractivity contribution in [2.24, 2.45) is 0 Å². The molecule has 5 nitrogen and oxygen atoms in total. The second-order valence-corrected chi connectivity index (χ2v) is 9.89. The summed E-state index contributed by atoms with van der Waals surface area (Å²) in [6.45, 7) is 2.48. The summed E-state index contributed by atoms with van der Waals surface area (Å²) >= 11 is 1.29. The molecule has 3 aromatic rings. The van der Waals surface area contributed by atoms with E-state index in [0.29, 0.717) is 23.7 Å². The van der Waals surface area contributed by atoms with Crippen molar-refractivity contribution in [1.29, 1.82) is 5.26 Å². The Kier molecular flexibility index (Phi) is 8.59. The smallest absolute Gasteiger partial charge is 0.264 e. The van der Waals surface area contributed by atoms with E-state index in [4.69, 9.17) is 0 Å². The number of benzene rings is 3. The van der Waals surface area contributed by atoms with E-state index in [-0.39, 0.29) is 11.5 Å². The van der Waals surface area contributed by atoms with Crippen molar-refractivity contribution in [1.82, 2.24) is 5.32 Å². The molecule has 0 bridgehead atoms. The van der Waals surface area contributed by atoms with Gasteiger partial charge in [0.05, 0.1) is 5.25 Å². The third-order valence-electron chi connectivity index (χ3n) is 6.08. The topological polar surface area (TPSA) is 73.2 Å². The Labute approximate surface area is 216 Å². The standard InChI is InChI=1S/C30H29N3O2S/c1-2-3-10-22-15-17-23(18-16-22)19-27-29(35)33(25-13-8-5-9-14-25)30(36-27)26(20-31)28(34)32-21-24-11-6-4-7-12-24/h4-9,11-18,27H,2-3,10,19,21H2,1H3,(H,32,34)/b30-26+/t27-/m0/s1. The average Bonchev–Trinajstić information content (AvgIpc) is 3.23. The molecule has 1 aliphatic heterocycles. The highest BCUT2D eigenvalue weighted by Gasteiger charge is 2.40. The van der Waals surface area contributed by atoms with Crippen molar-refractivity contribution < 1.29 is 9.59 Å². The van der Waals surface area contributed by atoms with Crippen LogP contribution < -0.4 is 10.2 Å². The number of nitriles is 1. The van der Waals surface area contributed by atoms with E-state index >= 15 is 0 Å². The molecule has 182 valence electrons.